The van der Waals surface area contributed by atoms with Crippen LogP contribution in [0.1, 0.15) is 53.9 Å². The molecule has 0 amide bonds. The standard InChI is InChI=1S/C15H26O/c1-6-16-13(3)9-10-14-12(2)8-7-11-15(14,4)5/h9-10,13H,6-8,11H2,1-5H3/b10-9+. The molecule has 1 aliphatic rings. The fraction of sp³-hybridized carbons (Fsp3) is 0.733. The van der Waals surface area contributed by atoms with Crippen LogP contribution in [0.4, 0.5) is 0 Å². The van der Waals surface area contributed by atoms with Crippen LogP contribution < -0.4 is 0 Å². The summed E-state index contributed by atoms with van der Waals surface area (Å²) in [7, 11) is 0. The van der Waals surface area contributed by atoms with Crippen molar-refractivity contribution in [2.24, 2.45) is 5.41 Å². The highest BCUT2D eigenvalue weighted by atomic mass is 16.5. The van der Waals surface area contributed by atoms with Crippen molar-refractivity contribution in [2.75, 3.05) is 6.61 Å². The molecule has 0 spiro atoms. The summed E-state index contributed by atoms with van der Waals surface area (Å²) in [6.45, 7) is 11.9. The summed E-state index contributed by atoms with van der Waals surface area (Å²) in [5, 5.41) is 0. The number of hydrogen-bond donors (Lipinski definition) is 0. The molecule has 0 saturated carbocycles. The molecule has 0 radical (unpaired) electrons. The summed E-state index contributed by atoms with van der Waals surface area (Å²) >= 11 is 0. The maximum atomic E-state index is 5.53. The molecule has 0 aliphatic heterocycles. The van der Waals surface area contributed by atoms with Gasteiger partial charge >= 0.3 is 0 Å². The summed E-state index contributed by atoms with van der Waals surface area (Å²) in [5.41, 5.74) is 3.41. The van der Waals surface area contributed by atoms with E-state index in [4.69, 9.17) is 4.74 Å². The van der Waals surface area contributed by atoms with Crippen molar-refractivity contribution < 1.29 is 4.74 Å². The maximum Gasteiger partial charge on any atom is 0.0730 e. The van der Waals surface area contributed by atoms with E-state index in [0.29, 0.717) is 5.41 Å². The van der Waals surface area contributed by atoms with E-state index >= 15 is 0 Å². The minimum atomic E-state index is 0.225. The SMILES string of the molecule is CCOC(C)/C=C/C1=C(C)CCCC1(C)C. The molecule has 0 bridgehead atoms. The van der Waals surface area contributed by atoms with Gasteiger partial charge < -0.3 is 4.74 Å². The maximum absolute atomic E-state index is 5.53. The van der Waals surface area contributed by atoms with Gasteiger partial charge in [0.1, 0.15) is 0 Å². The summed E-state index contributed by atoms with van der Waals surface area (Å²) in [5.74, 6) is 0. The zero-order valence-electron chi connectivity index (χ0n) is 11.5. The van der Waals surface area contributed by atoms with Crippen LogP contribution in [-0.2, 0) is 4.74 Å². The first-order valence-electron chi connectivity index (χ1n) is 6.47. The predicted molar refractivity (Wildman–Crippen MR) is 70.6 cm³/mol. The lowest BCUT2D eigenvalue weighted by atomic mass is 9.72. The lowest BCUT2D eigenvalue weighted by molar-refractivity contribution is 0.109. The Bertz CT molecular complexity index is 284. The highest BCUT2D eigenvalue weighted by Gasteiger charge is 2.26. The molecule has 1 unspecified atom stereocenters. The van der Waals surface area contributed by atoms with E-state index in [2.05, 4.69) is 39.8 Å². The minimum absolute atomic E-state index is 0.225. The Morgan fingerprint density at radius 2 is 2.12 bits per heavy atom. The summed E-state index contributed by atoms with van der Waals surface area (Å²) in [4.78, 5) is 0. The van der Waals surface area contributed by atoms with Crippen LogP contribution >= 0.6 is 0 Å². The highest BCUT2D eigenvalue weighted by Crippen LogP contribution is 2.40. The lowest BCUT2D eigenvalue weighted by Crippen LogP contribution is -2.19. The molecule has 92 valence electrons. The van der Waals surface area contributed by atoms with Gasteiger partial charge in [-0.25, -0.2) is 0 Å². The molecule has 0 saturated heterocycles. The van der Waals surface area contributed by atoms with Crippen molar-refractivity contribution in [1.29, 1.82) is 0 Å². The van der Waals surface area contributed by atoms with E-state index in [0.717, 1.165) is 6.61 Å². The fourth-order valence-corrected chi connectivity index (χ4v) is 2.56. The largest absolute Gasteiger partial charge is 0.375 e. The molecule has 0 fully saturated rings. The van der Waals surface area contributed by atoms with E-state index < -0.39 is 0 Å². The van der Waals surface area contributed by atoms with Gasteiger partial charge in [0, 0.05) is 6.61 Å². The molecule has 0 N–H and O–H groups in total. The van der Waals surface area contributed by atoms with E-state index in [-0.39, 0.29) is 6.10 Å². The first kappa shape index (κ1) is 13.5. The van der Waals surface area contributed by atoms with Crippen molar-refractivity contribution in [3.8, 4) is 0 Å². The van der Waals surface area contributed by atoms with Crippen molar-refractivity contribution in [3.63, 3.8) is 0 Å². The van der Waals surface area contributed by atoms with Crippen LogP contribution in [0.3, 0.4) is 0 Å². The molecule has 16 heavy (non-hydrogen) atoms. The van der Waals surface area contributed by atoms with Crippen LogP contribution in [0.2, 0.25) is 0 Å². The van der Waals surface area contributed by atoms with Crippen molar-refractivity contribution in [3.05, 3.63) is 23.3 Å². The fourth-order valence-electron chi connectivity index (χ4n) is 2.56. The second-order valence-corrected chi connectivity index (χ2v) is 5.45. The molecule has 1 rings (SSSR count). The summed E-state index contributed by atoms with van der Waals surface area (Å²) in [6.07, 6.45) is 8.59. The number of ether oxygens (including phenoxy) is 1. The zero-order chi connectivity index (χ0) is 12.2. The Labute approximate surface area is 101 Å². The number of hydrogen-bond acceptors (Lipinski definition) is 1. The predicted octanol–water partition coefficient (Wildman–Crippen LogP) is 4.49. The van der Waals surface area contributed by atoms with Crippen molar-refractivity contribution in [2.45, 2.75) is 60.0 Å². The first-order chi connectivity index (χ1) is 7.47. The zero-order valence-corrected chi connectivity index (χ0v) is 11.5. The average molecular weight is 222 g/mol. The second kappa shape index (κ2) is 5.67. The van der Waals surface area contributed by atoms with Gasteiger partial charge in [0.15, 0.2) is 0 Å². The van der Waals surface area contributed by atoms with Crippen LogP contribution in [0.5, 0.6) is 0 Å². The van der Waals surface area contributed by atoms with Gasteiger partial charge in [-0.2, -0.15) is 0 Å². The molecule has 1 atom stereocenters. The third-order valence-electron chi connectivity index (χ3n) is 3.51. The van der Waals surface area contributed by atoms with Gasteiger partial charge in [0.25, 0.3) is 0 Å². The third-order valence-corrected chi connectivity index (χ3v) is 3.51. The lowest BCUT2D eigenvalue weighted by Gasteiger charge is -2.33. The molecule has 0 aromatic carbocycles. The van der Waals surface area contributed by atoms with Crippen LogP contribution in [-0.4, -0.2) is 12.7 Å². The second-order valence-electron chi connectivity index (χ2n) is 5.45. The van der Waals surface area contributed by atoms with E-state index in [1.807, 2.05) is 6.92 Å². The Kier molecular flexibility index (Phi) is 4.79. The van der Waals surface area contributed by atoms with E-state index in [1.54, 1.807) is 5.57 Å². The first-order valence-corrected chi connectivity index (χ1v) is 6.47. The molecule has 0 aromatic rings. The molecular weight excluding hydrogens is 196 g/mol. The smallest absolute Gasteiger partial charge is 0.0730 e. The third kappa shape index (κ3) is 3.48. The van der Waals surface area contributed by atoms with Crippen molar-refractivity contribution in [1.82, 2.24) is 0 Å². The highest BCUT2D eigenvalue weighted by molar-refractivity contribution is 5.32. The van der Waals surface area contributed by atoms with Gasteiger partial charge in [-0.15, -0.1) is 0 Å². The van der Waals surface area contributed by atoms with Crippen LogP contribution in [0.15, 0.2) is 23.3 Å². The summed E-state index contributed by atoms with van der Waals surface area (Å²) < 4.78 is 5.53. The summed E-state index contributed by atoms with van der Waals surface area (Å²) in [6, 6.07) is 0. The minimum Gasteiger partial charge on any atom is -0.375 e. The molecule has 1 aliphatic carbocycles. The Morgan fingerprint density at radius 3 is 2.69 bits per heavy atom. The molecule has 1 heteroatoms. The molecular formula is C15H26O. The topological polar surface area (TPSA) is 9.23 Å². The van der Waals surface area contributed by atoms with Crippen molar-refractivity contribution >= 4 is 0 Å². The van der Waals surface area contributed by atoms with E-state index in [1.165, 1.54) is 24.8 Å². The average Bonchev–Trinajstić information content (AvgIpc) is 2.16. The number of allylic oxidation sites excluding steroid dienone is 3. The molecule has 0 heterocycles. The van der Waals surface area contributed by atoms with E-state index in [9.17, 15) is 0 Å². The molecule has 0 aromatic heterocycles. The van der Waals surface area contributed by atoms with Gasteiger partial charge in [-0.3, -0.25) is 0 Å². The Hall–Kier alpha value is -0.560. The van der Waals surface area contributed by atoms with Crippen LogP contribution in [0, 0.1) is 5.41 Å². The Balaban J connectivity index is 2.77. The quantitative estimate of drug-likeness (QED) is 0.680. The van der Waals surface area contributed by atoms with Crippen LogP contribution in [0.25, 0.3) is 0 Å². The normalized spacial score (nSPS) is 22.8. The van der Waals surface area contributed by atoms with Gasteiger partial charge in [-0.1, -0.05) is 31.6 Å². The van der Waals surface area contributed by atoms with Gasteiger partial charge in [-0.05, 0) is 51.0 Å². The molecule has 1 nitrogen and oxygen atoms in total. The number of rotatable bonds is 4. The van der Waals surface area contributed by atoms with Gasteiger partial charge in [0.2, 0.25) is 0 Å². The van der Waals surface area contributed by atoms with Gasteiger partial charge in [0.05, 0.1) is 6.10 Å². The Morgan fingerprint density at radius 1 is 1.44 bits per heavy atom. The monoisotopic (exact) mass is 222 g/mol.